The first-order valence-electron chi connectivity index (χ1n) is 10.3. The van der Waals surface area contributed by atoms with Crippen LogP contribution in [-0.4, -0.2) is 48.6 Å². The van der Waals surface area contributed by atoms with Crippen molar-refractivity contribution in [2.24, 2.45) is 5.92 Å². The molecule has 0 amide bonds. The zero-order chi connectivity index (χ0) is 20.8. The van der Waals surface area contributed by atoms with Crippen LogP contribution in [0.3, 0.4) is 0 Å². The monoisotopic (exact) mass is 437 g/mol. The zero-order valence-electron chi connectivity index (χ0n) is 17.2. The van der Waals surface area contributed by atoms with Gasteiger partial charge in [-0.25, -0.2) is 4.39 Å². The third-order valence-corrected chi connectivity index (χ3v) is 6.34. The molecule has 1 saturated heterocycles. The number of nitrogens with zero attached hydrogens (tertiary/aromatic N) is 2. The number of halogens is 3. The average molecular weight is 438 g/mol. The second-order valence-electron chi connectivity index (χ2n) is 8.18. The molecule has 0 radical (unpaired) electrons. The van der Waals surface area contributed by atoms with Crippen LogP contribution in [0.2, 0.25) is 10.0 Å². The maximum atomic E-state index is 13.1. The fraction of sp³-hybridized carbons (Fsp3) is 0.478. The number of benzene rings is 2. The molecule has 2 aromatic rings. The summed E-state index contributed by atoms with van der Waals surface area (Å²) < 4.78 is 13.1. The highest BCUT2D eigenvalue weighted by Gasteiger charge is 2.22. The lowest BCUT2D eigenvalue weighted by Crippen LogP contribution is -2.51. The molecule has 1 fully saturated rings. The molecule has 1 heterocycles. The molecule has 3 nitrogen and oxygen atoms in total. The number of rotatable bonds is 8. The summed E-state index contributed by atoms with van der Waals surface area (Å²) in [5, 5.41) is 4.88. The molecule has 2 aromatic carbocycles. The molecule has 0 bridgehead atoms. The van der Waals surface area contributed by atoms with Crippen molar-refractivity contribution in [3.05, 3.63) is 69.5 Å². The van der Waals surface area contributed by atoms with E-state index in [2.05, 4.69) is 35.0 Å². The minimum absolute atomic E-state index is 0.187. The van der Waals surface area contributed by atoms with Crippen molar-refractivity contribution < 1.29 is 4.39 Å². The molecule has 0 spiro atoms. The van der Waals surface area contributed by atoms with Crippen molar-refractivity contribution in [1.82, 2.24) is 15.1 Å². The SMILES string of the molecule is CC(C)C(CN1CCN(Cc2ccc(Cl)c(Cl)c2)CC1)NCc1ccc(F)cc1. The summed E-state index contributed by atoms with van der Waals surface area (Å²) in [5.74, 6) is 0.345. The second kappa shape index (κ2) is 10.7. The molecule has 1 unspecified atom stereocenters. The lowest BCUT2D eigenvalue weighted by Gasteiger charge is -2.37. The van der Waals surface area contributed by atoms with Gasteiger partial charge in [0, 0.05) is 51.9 Å². The Balaban J connectivity index is 1.45. The van der Waals surface area contributed by atoms with Gasteiger partial charge in [-0.3, -0.25) is 9.80 Å². The summed E-state index contributed by atoms with van der Waals surface area (Å²) in [6, 6.07) is 13.0. The van der Waals surface area contributed by atoms with E-state index in [0.717, 1.165) is 51.4 Å². The third kappa shape index (κ3) is 6.94. The normalized spacial score (nSPS) is 17.0. The molecule has 1 N–H and O–H groups in total. The van der Waals surface area contributed by atoms with Gasteiger partial charge in [-0.15, -0.1) is 0 Å². The van der Waals surface area contributed by atoms with Gasteiger partial charge in [0.05, 0.1) is 10.0 Å². The van der Waals surface area contributed by atoms with Crippen molar-refractivity contribution in [2.75, 3.05) is 32.7 Å². The molecule has 1 atom stereocenters. The van der Waals surface area contributed by atoms with Gasteiger partial charge in [-0.2, -0.15) is 0 Å². The fourth-order valence-electron chi connectivity index (χ4n) is 3.67. The first kappa shape index (κ1) is 22.5. The Morgan fingerprint density at radius 3 is 2.14 bits per heavy atom. The van der Waals surface area contributed by atoms with E-state index in [9.17, 15) is 4.39 Å². The molecule has 0 saturated carbocycles. The van der Waals surface area contributed by atoms with Gasteiger partial charge in [0.2, 0.25) is 0 Å². The number of hydrogen-bond acceptors (Lipinski definition) is 3. The van der Waals surface area contributed by atoms with E-state index in [4.69, 9.17) is 23.2 Å². The topological polar surface area (TPSA) is 18.5 Å². The van der Waals surface area contributed by atoms with Crippen LogP contribution in [0.5, 0.6) is 0 Å². The average Bonchev–Trinajstić information content (AvgIpc) is 2.70. The largest absolute Gasteiger partial charge is 0.308 e. The highest BCUT2D eigenvalue weighted by Crippen LogP contribution is 2.23. The molecule has 6 heteroatoms. The number of piperazine rings is 1. The van der Waals surface area contributed by atoms with Crippen molar-refractivity contribution in [1.29, 1.82) is 0 Å². The third-order valence-electron chi connectivity index (χ3n) is 5.60. The van der Waals surface area contributed by atoms with Crippen LogP contribution >= 0.6 is 23.2 Å². The summed E-state index contributed by atoms with van der Waals surface area (Å²) >= 11 is 12.2. The molecule has 29 heavy (non-hydrogen) atoms. The Morgan fingerprint density at radius 2 is 1.52 bits per heavy atom. The summed E-state index contributed by atoms with van der Waals surface area (Å²) in [7, 11) is 0. The molecule has 0 aromatic heterocycles. The van der Waals surface area contributed by atoms with Gasteiger partial charge in [0.1, 0.15) is 5.82 Å². The molecular formula is C23H30Cl2FN3. The molecule has 158 valence electrons. The maximum absolute atomic E-state index is 13.1. The minimum atomic E-state index is -0.187. The first-order valence-corrected chi connectivity index (χ1v) is 11.0. The lowest BCUT2D eigenvalue weighted by molar-refractivity contribution is 0.111. The van der Waals surface area contributed by atoms with Crippen LogP contribution < -0.4 is 5.32 Å². The highest BCUT2D eigenvalue weighted by molar-refractivity contribution is 6.42. The molecule has 0 aliphatic carbocycles. The summed E-state index contributed by atoms with van der Waals surface area (Å²) in [4.78, 5) is 5.00. The Labute approximate surface area is 183 Å². The molecule has 1 aliphatic heterocycles. The Hall–Kier alpha value is -1.17. The Bertz CT molecular complexity index is 774. The van der Waals surface area contributed by atoms with E-state index in [1.807, 2.05) is 24.3 Å². The molecular weight excluding hydrogens is 408 g/mol. The quantitative estimate of drug-likeness (QED) is 0.621. The van der Waals surface area contributed by atoms with Crippen LogP contribution in [0.15, 0.2) is 42.5 Å². The van der Waals surface area contributed by atoms with Crippen LogP contribution in [-0.2, 0) is 13.1 Å². The predicted octanol–water partition coefficient (Wildman–Crippen LogP) is 5.06. The fourth-order valence-corrected chi connectivity index (χ4v) is 3.99. The Morgan fingerprint density at radius 1 is 0.897 bits per heavy atom. The van der Waals surface area contributed by atoms with Crippen molar-refractivity contribution in [3.8, 4) is 0 Å². The minimum Gasteiger partial charge on any atom is -0.308 e. The smallest absolute Gasteiger partial charge is 0.123 e. The second-order valence-corrected chi connectivity index (χ2v) is 9.00. The predicted molar refractivity (Wildman–Crippen MR) is 120 cm³/mol. The van der Waals surface area contributed by atoms with Crippen molar-refractivity contribution >= 4 is 23.2 Å². The van der Waals surface area contributed by atoms with Gasteiger partial charge in [-0.05, 0) is 41.3 Å². The molecule has 3 rings (SSSR count). The summed E-state index contributed by atoms with van der Waals surface area (Å²) in [6.07, 6.45) is 0. The van der Waals surface area contributed by atoms with Crippen molar-refractivity contribution in [2.45, 2.75) is 33.0 Å². The van der Waals surface area contributed by atoms with Gasteiger partial charge < -0.3 is 5.32 Å². The van der Waals surface area contributed by atoms with E-state index in [1.165, 1.54) is 17.7 Å². The van der Waals surface area contributed by atoms with E-state index >= 15 is 0 Å². The Kier molecular flexibility index (Phi) is 8.34. The van der Waals surface area contributed by atoms with Crippen molar-refractivity contribution in [3.63, 3.8) is 0 Å². The van der Waals surface area contributed by atoms with Gasteiger partial charge in [-0.1, -0.05) is 55.2 Å². The van der Waals surface area contributed by atoms with E-state index in [-0.39, 0.29) is 5.82 Å². The van der Waals surface area contributed by atoms with Gasteiger partial charge in [0.15, 0.2) is 0 Å². The van der Waals surface area contributed by atoms with E-state index < -0.39 is 0 Å². The lowest BCUT2D eigenvalue weighted by atomic mass is 10.0. The van der Waals surface area contributed by atoms with Crippen LogP contribution in [0.4, 0.5) is 4.39 Å². The standard InChI is InChI=1S/C23H30Cl2FN3/c1-17(2)23(27-14-18-3-6-20(26)7-4-18)16-29-11-9-28(10-12-29)15-19-5-8-21(24)22(25)13-19/h3-8,13,17,23,27H,9-12,14-16H2,1-2H3. The summed E-state index contributed by atoms with van der Waals surface area (Å²) in [6.45, 7) is 11.4. The highest BCUT2D eigenvalue weighted by atomic mass is 35.5. The first-order chi connectivity index (χ1) is 13.9. The van der Waals surface area contributed by atoms with Crippen LogP contribution in [0.25, 0.3) is 0 Å². The van der Waals surface area contributed by atoms with Gasteiger partial charge >= 0.3 is 0 Å². The summed E-state index contributed by atoms with van der Waals surface area (Å²) in [5.41, 5.74) is 2.32. The zero-order valence-corrected chi connectivity index (χ0v) is 18.7. The number of nitrogens with one attached hydrogen (secondary N) is 1. The van der Waals surface area contributed by atoms with E-state index in [0.29, 0.717) is 22.0 Å². The van der Waals surface area contributed by atoms with E-state index in [1.54, 1.807) is 0 Å². The van der Waals surface area contributed by atoms with Crippen LogP contribution in [0, 0.1) is 11.7 Å². The van der Waals surface area contributed by atoms with Crippen LogP contribution in [0.1, 0.15) is 25.0 Å². The van der Waals surface area contributed by atoms with Gasteiger partial charge in [0.25, 0.3) is 0 Å². The maximum Gasteiger partial charge on any atom is 0.123 e. The number of hydrogen-bond donors (Lipinski definition) is 1. The molecule has 1 aliphatic rings.